The predicted octanol–water partition coefficient (Wildman–Crippen LogP) is 13.9. The number of rotatable bonds is 31. The fourth-order valence-corrected chi connectivity index (χ4v) is 18.3. The lowest BCUT2D eigenvalue weighted by molar-refractivity contribution is -0.157. The minimum atomic E-state index is -0.910. The summed E-state index contributed by atoms with van der Waals surface area (Å²) in [5, 5.41) is 24.5. The summed E-state index contributed by atoms with van der Waals surface area (Å²) < 4.78 is 15.0. The van der Waals surface area contributed by atoms with E-state index in [4.69, 9.17) is 42.9 Å². The molecule has 119 heavy (non-hydrogen) atoms. The second kappa shape index (κ2) is 40.4. The average Bonchev–Trinajstić information content (AvgIpc) is 1.64. The Bertz CT molecular complexity index is 5090. The Morgan fingerprint density at radius 2 is 0.513 bits per heavy atom. The first-order chi connectivity index (χ1) is 57.2. The Balaban J connectivity index is 0.000000146. The number of aromatic nitrogens is 5. The van der Waals surface area contributed by atoms with Crippen molar-refractivity contribution in [2.45, 2.75) is 230 Å². The molecule has 0 saturated heterocycles. The summed E-state index contributed by atoms with van der Waals surface area (Å²) in [6.07, 6.45) is 28.5. The Labute approximate surface area is 693 Å². The van der Waals surface area contributed by atoms with Crippen LogP contribution in [-0.2, 0) is 94.3 Å². The fourth-order valence-electron chi connectivity index (χ4n) is 18.3. The minimum absolute atomic E-state index is 0.0475. The van der Waals surface area contributed by atoms with Crippen molar-refractivity contribution >= 4 is 113 Å². The van der Waals surface area contributed by atoms with Gasteiger partial charge in [0.05, 0.1) is 78.1 Å². The number of carbonyl (C=O) groups is 10. The number of Topliss-reactive ketones (excluding diaryl/α,β-unsaturated/α-hetero) is 5. The maximum absolute atomic E-state index is 12.8. The van der Waals surface area contributed by atoms with Gasteiger partial charge in [0.15, 0.2) is 28.9 Å². The van der Waals surface area contributed by atoms with Gasteiger partial charge in [-0.25, -0.2) is 0 Å². The number of fused-ring (bicyclic) bond motifs is 5. The molecule has 5 aromatic carbocycles. The molecule has 5 saturated carbocycles. The number of esters is 3. The Hall–Kier alpha value is -10.7. The van der Waals surface area contributed by atoms with E-state index in [2.05, 4.69) is 24.9 Å². The van der Waals surface area contributed by atoms with E-state index in [1.54, 1.807) is 6.92 Å². The molecular formula is C94H118N10O15. The average molecular weight is 1630 g/mol. The van der Waals surface area contributed by atoms with Crippen LogP contribution >= 0.6 is 0 Å². The molecule has 634 valence electrons. The molecule has 0 bridgehead atoms. The second-order valence-corrected chi connectivity index (χ2v) is 33.8. The van der Waals surface area contributed by atoms with Gasteiger partial charge in [0.25, 0.3) is 0 Å². The molecule has 0 amide bonds. The number of aliphatic carboxylic acids is 2. The van der Waals surface area contributed by atoms with Gasteiger partial charge in [0.2, 0.25) is 0 Å². The highest BCUT2D eigenvalue weighted by Crippen LogP contribution is 2.51. The lowest BCUT2D eigenvalue weighted by atomic mass is 9.70. The van der Waals surface area contributed by atoms with Crippen LogP contribution in [0.1, 0.15) is 195 Å². The normalized spacial score (nSPS) is 17.8. The van der Waals surface area contributed by atoms with Gasteiger partial charge in [-0.05, 0) is 161 Å². The maximum atomic E-state index is 12.8. The quantitative estimate of drug-likeness (QED) is 0.0142. The third-order valence-corrected chi connectivity index (χ3v) is 25.7. The lowest BCUT2D eigenvalue weighted by Crippen LogP contribution is -2.42. The molecule has 5 aliphatic rings. The molecule has 25 nitrogen and oxygen atoms in total. The zero-order valence-electron chi connectivity index (χ0n) is 68.8. The van der Waals surface area contributed by atoms with Gasteiger partial charge in [0.1, 0.15) is 0 Å². The number of hydrogen-bond donors (Lipinski definition) is 12. The number of hydrogen-bond acceptors (Lipinski definition) is 18. The number of methoxy groups -OCH3 is 2. The van der Waals surface area contributed by atoms with Gasteiger partial charge in [-0.15, -0.1) is 0 Å². The van der Waals surface area contributed by atoms with Crippen molar-refractivity contribution in [1.29, 1.82) is 0 Å². The molecule has 5 aliphatic carbocycles. The van der Waals surface area contributed by atoms with Crippen LogP contribution in [0.2, 0.25) is 0 Å². The summed E-state index contributed by atoms with van der Waals surface area (Å²) in [6, 6.07) is 36.5. The molecule has 5 fully saturated rings. The molecule has 5 atom stereocenters. The molecule has 5 unspecified atom stereocenters. The third-order valence-electron chi connectivity index (χ3n) is 25.7. The van der Waals surface area contributed by atoms with Gasteiger partial charge in [0, 0.05) is 118 Å². The molecule has 0 aliphatic heterocycles. The summed E-state index contributed by atoms with van der Waals surface area (Å²) >= 11 is 0. The monoisotopic (exact) mass is 1630 g/mol. The van der Waals surface area contributed by atoms with Crippen LogP contribution < -0.4 is 28.7 Å². The first-order valence-corrected chi connectivity index (χ1v) is 42.2. The van der Waals surface area contributed by atoms with E-state index >= 15 is 0 Å². The number of para-hydroxylation sites is 5. The van der Waals surface area contributed by atoms with Crippen molar-refractivity contribution in [3.05, 3.63) is 180 Å². The maximum Gasteiger partial charge on any atom is 0.312 e. The summed E-state index contributed by atoms with van der Waals surface area (Å²) in [4.78, 5) is 139. The number of benzene rings is 5. The number of nitrogens with one attached hydrogen (secondary N) is 5. The molecule has 5 aromatic heterocycles. The number of carbonyl (C=O) groups excluding carboxylic acids is 8. The molecule has 25 heteroatoms. The van der Waals surface area contributed by atoms with Gasteiger partial charge in [-0.2, -0.15) is 0 Å². The van der Waals surface area contributed by atoms with Crippen molar-refractivity contribution in [3.63, 3.8) is 0 Å². The van der Waals surface area contributed by atoms with E-state index in [9.17, 15) is 58.2 Å². The van der Waals surface area contributed by atoms with Crippen LogP contribution in [-0.4, -0.2) is 145 Å². The van der Waals surface area contributed by atoms with Crippen LogP contribution in [0.15, 0.2) is 152 Å². The second-order valence-electron chi connectivity index (χ2n) is 33.8. The third kappa shape index (κ3) is 21.7. The van der Waals surface area contributed by atoms with Crippen LogP contribution in [0.25, 0.3) is 54.5 Å². The van der Waals surface area contributed by atoms with Crippen LogP contribution in [0, 0.1) is 27.1 Å². The van der Waals surface area contributed by atoms with Gasteiger partial charge in [-0.3, -0.25) is 47.9 Å². The summed E-state index contributed by atoms with van der Waals surface area (Å²) in [5.41, 5.74) is 37.1. The van der Waals surface area contributed by atoms with Gasteiger partial charge < -0.3 is 78.0 Å². The molecule has 0 spiro atoms. The Kier molecular flexibility index (Phi) is 30.2. The Morgan fingerprint density at radius 1 is 0.311 bits per heavy atom. The summed E-state index contributed by atoms with van der Waals surface area (Å²) in [5.74, 6) is -2.99. The standard InChI is InChI=1S/C20H26N2O3.2C19H24N2O3.2C18H22N2O3/c1-25-19(24)20(9-5-2-6-10-20)12-18(23)16(21)11-14-13-22-17-8-4-3-7-15(14)17;1-24-18(23)19(8-4-5-9-19)11-17(22)15(20)10-13-12-21-16-7-3-2-6-14(13)16;20-15(10-13-12-21-16-7-3-2-6-14(13)16)17(22)11-19(18(23)24)8-4-1-5-9-19;1-2-23-17(22)18(7-8-18)10-16(21)14(19)9-12-11-20-15-6-4-3-5-13(12)15;19-14(9-12-11-20-15-6-2-1-5-13(12)15)16(21)10-18(17(22)23)7-3-4-8-18/h3-4,7-8,13,16,22H,2,5-6,9-12,21H2,1H3;2-3,6-7,12,15,21H,4-5,8-11,20H2,1H3;2-3,6-7,12,15,21H,1,4-5,8-11,20H2,(H,23,24);3-6,11,14,20H,2,7-10,19H2,1H3;1-2,5-6,11,14,20H,3-4,7-10,19H2,(H,22,23). The number of aromatic amines is 5. The van der Waals surface area contributed by atoms with Crippen molar-refractivity contribution in [2.75, 3.05) is 20.8 Å². The van der Waals surface area contributed by atoms with Crippen molar-refractivity contribution < 1.29 is 72.4 Å². The van der Waals surface area contributed by atoms with Gasteiger partial charge in [-0.1, -0.05) is 155 Å². The lowest BCUT2D eigenvalue weighted by Gasteiger charge is -2.34. The van der Waals surface area contributed by atoms with E-state index in [1.165, 1.54) is 14.2 Å². The largest absolute Gasteiger partial charge is 0.481 e. The van der Waals surface area contributed by atoms with Crippen molar-refractivity contribution in [3.8, 4) is 0 Å². The molecule has 15 rings (SSSR count). The SMILES string of the molecule is CCOC(=O)C1(CC(=O)C(N)Cc2c[nH]c3ccccc23)CC1.COC(=O)C1(CC(=O)C(N)Cc2c[nH]c3ccccc23)CCCC1.COC(=O)C1(CC(=O)C(N)Cc2c[nH]c3ccccc23)CCCCC1.NC(Cc1c[nH]c2ccccc12)C(=O)CC1(C(=O)O)CCCC1.NC(Cc1c[nH]c2ccccc12)C(=O)CC1(C(=O)O)CCCCC1. The minimum Gasteiger partial charge on any atom is -0.481 e. The van der Waals surface area contributed by atoms with E-state index in [0.29, 0.717) is 90.1 Å². The predicted molar refractivity (Wildman–Crippen MR) is 458 cm³/mol. The highest BCUT2D eigenvalue weighted by Gasteiger charge is 2.53. The topological polar surface area (TPSA) is 448 Å². The number of ketones is 5. The molecule has 5 heterocycles. The first kappa shape index (κ1) is 89.1. The molecule has 10 aromatic rings. The molecule has 17 N–H and O–H groups in total. The van der Waals surface area contributed by atoms with Crippen LogP contribution in [0.4, 0.5) is 0 Å². The summed E-state index contributed by atoms with van der Waals surface area (Å²) in [7, 11) is 2.79. The zero-order valence-corrected chi connectivity index (χ0v) is 68.8. The Morgan fingerprint density at radius 3 is 0.723 bits per heavy atom. The number of ether oxygens (including phenoxy) is 3. The van der Waals surface area contributed by atoms with E-state index in [0.717, 1.165) is 159 Å². The summed E-state index contributed by atoms with van der Waals surface area (Å²) in [6.45, 7) is 2.12. The smallest absolute Gasteiger partial charge is 0.312 e. The number of carboxylic acids is 2. The zero-order chi connectivity index (χ0) is 85.1. The van der Waals surface area contributed by atoms with E-state index in [-0.39, 0.29) is 78.9 Å². The van der Waals surface area contributed by atoms with E-state index < -0.39 is 69.2 Å². The van der Waals surface area contributed by atoms with E-state index in [1.807, 2.05) is 152 Å². The number of carboxylic acid groups (broad SMARTS) is 2. The van der Waals surface area contributed by atoms with Crippen LogP contribution in [0.3, 0.4) is 0 Å². The number of H-pyrrole nitrogens is 5. The van der Waals surface area contributed by atoms with Crippen molar-refractivity contribution in [2.24, 2.45) is 55.7 Å². The molecular weight excluding hydrogens is 1510 g/mol. The highest BCUT2D eigenvalue weighted by atomic mass is 16.5. The van der Waals surface area contributed by atoms with Gasteiger partial charge >= 0.3 is 29.8 Å². The van der Waals surface area contributed by atoms with Crippen molar-refractivity contribution in [1.82, 2.24) is 24.9 Å². The highest BCUT2D eigenvalue weighted by molar-refractivity contribution is 5.96. The molecule has 0 radical (unpaired) electrons. The number of nitrogens with two attached hydrogens (primary N) is 5. The fraction of sp³-hybridized carbons (Fsp3) is 0.468. The first-order valence-electron chi connectivity index (χ1n) is 42.2. The van der Waals surface area contributed by atoms with Crippen LogP contribution in [0.5, 0.6) is 0 Å².